The Bertz CT molecular complexity index is 781. The smallest absolute Gasteiger partial charge is 0.249 e. The van der Waals surface area contributed by atoms with E-state index in [0.717, 1.165) is 11.1 Å². The minimum atomic E-state index is -0.701. The first-order chi connectivity index (χ1) is 12.5. The summed E-state index contributed by atoms with van der Waals surface area (Å²) in [7, 11) is 0. The average Bonchev–Trinajstić information content (AvgIpc) is 3.54. The fraction of sp³-hybridized carbons (Fsp3) is 0.300. The normalized spacial score (nSPS) is 18.7. The standard InChI is InChI=1S/C20H18F2N2O2/c21-15-5-1-13(2-6-15)19(9-10-19)17(25)23-24-18(26)20(11-12-20)14-3-7-16(22)8-4-14/h1-8H,9-12H2,(H,23,25)(H,24,26). The summed E-state index contributed by atoms with van der Waals surface area (Å²) in [5.74, 6) is -1.30. The zero-order valence-corrected chi connectivity index (χ0v) is 14.0. The third-order valence-corrected chi connectivity index (χ3v) is 5.45. The van der Waals surface area contributed by atoms with Crippen molar-refractivity contribution in [3.05, 3.63) is 71.3 Å². The number of nitrogens with one attached hydrogen (secondary N) is 2. The summed E-state index contributed by atoms with van der Waals surface area (Å²) < 4.78 is 26.2. The quantitative estimate of drug-likeness (QED) is 0.828. The summed E-state index contributed by atoms with van der Waals surface area (Å²) in [5, 5.41) is 0. The monoisotopic (exact) mass is 356 g/mol. The number of carbonyl (C=O) groups excluding carboxylic acids is 2. The van der Waals surface area contributed by atoms with Crippen molar-refractivity contribution < 1.29 is 18.4 Å². The molecule has 4 rings (SSSR count). The van der Waals surface area contributed by atoms with E-state index in [0.29, 0.717) is 25.7 Å². The molecule has 2 N–H and O–H groups in total. The molecule has 6 heteroatoms. The molecule has 0 bridgehead atoms. The van der Waals surface area contributed by atoms with Gasteiger partial charge in [-0.15, -0.1) is 0 Å². The lowest BCUT2D eigenvalue weighted by atomic mass is 9.94. The van der Waals surface area contributed by atoms with E-state index in [4.69, 9.17) is 0 Å². The van der Waals surface area contributed by atoms with Crippen molar-refractivity contribution in [2.75, 3.05) is 0 Å². The largest absolute Gasteiger partial charge is 0.272 e. The number of amides is 2. The molecule has 2 fully saturated rings. The van der Waals surface area contributed by atoms with Crippen molar-refractivity contribution in [3.8, 4) is 0 Å². The zero-order chi connectivity index (χ0) is 18.4. The van der Waals surface area contributed by atoms with Crippen LogP contribution in [0, 0.1) is 11.6 Å². The highest BCUT2D eigenvalue weighted by Crippen LogP contribution is 2.49. The van der Waals surface area contributed by atoms with Crippen LogP contribution in [0.3, 0.4) is 0 Å². The Morgan fingerprint density at radius 1 is 0.654 bits per heavy atom. The predicted molar refractivity (Wildman–Crippen MR) is 90.9 cm³/mol. The molecule has 26 heavy (non-hydrogen) atoms. The molecule has 2 aromatic rings. The summed E-state index contributed by atoms with van der Waals surface area (Å²) in [6.07, 6.45) is 2.62. The highest BCUT2D eigenvalue weighted by Gasteiger charge is 2.53. The maximum Gasteiger partial charge on any atom is 0.249 e. The van der Waals surface area contributed by atoms with Gasteiger partial charge in [0.2, 0.25) is 11.8 Å². The topological polar surface area (TPSA) is 58.2 Å². The average molecular weight is 356 g/mol. The molecule has 0 aliphatic heterocycles. The molecule has 0 aromatic heterocycles. The first kappa shape index (κ1) is 16.7. The Morgan fingerprint density at radius 3 is 1.23 bits per heavy atom. The molecule has 0 atom stereocenters. The maximum absolute atomic E-state index is 13.1. The highest BCUT2D eigenvalue weighted by molar-refractivity contribution is 5.96. The number of hydrogen-bond donors (Lipinski definition) is 2. The van der Waals surface area contributed by atoms with Gasteiger partial charge in [-0.3, -0.25) is 20.4 Å². The van der Waals surface area contributed by atoms with Gasteiger partial charge in [-0.2, -0.15) is 0 Å². The van der Waals surface area contributed by atoms with Crippen molar-refractivity contribution in [1.29, 1.82) is 0 Å². The van der Waals surface area contributed by atoms with Crippen LogP contribution in [0.1, 0.15) is 36.8 Å². The minimum absolute atomic E-state index is 0.299. The van der Waals surface area contributed by atoms with Crippen LogP contribution in [0.2, 0.25) is 0 Å². The Kier molecular flexibility index (Phi) is 3.79. The number of hydrogen-bond acceptors (Lipinski definition) is 2. The van der Waals surface area contributed by atoms with Gasteiger partial charge in [0.25, 0.3) is 0 Å². The van der Waals surface area contributed by atoms with Crippen LogP contribution in [0.4, 0.5) is 8.78 Å². The summed E-state index contributed by atoms with van der Waals surface area (Å²) in [6, 6.07) is 11.7. The lowest BCUT2D eigenvalue weighted by Crippen LogP contribution is -2.49. The van der Waals surface area contributed by atoms with Gasteiger partial charge in [-0.05, 0) is 61.1 Å². The van der Waals surface area contributed by atoms with Crippen molar-refractivity contribution in [1.82, 2.24) is 10.9 Å². The number of carbonyl (C=O) groups is 2. The number of halogens is 2. The van der Waals surface area contributed by atoms with Gasteiger partial charge in [0.15, 0.2) is 0 Å². The molecule has 0 saturated heterocycles. The van der Waals surface area contributed by atoms with Crippen molar-refractivity contribution in [2.24, 2.45) is 0 Å². The molecule has 2 aliphatic carbocycles. The molecule has 134 valence electrons. The molecular formula is C20H18F2N2O2. The number of hydrazine groups is 1. The molecule has 2 aromatic carbocycles. The summed E-state index contributed by atoms with van der Waals surface area (Å²) in [6.45, 7) is 0. The van der Waals surface area contributed by atoms with Gasteiger partial charge < -0.3 is 0 Å². The van der Waals surface area contributed by atoms with Gasteiger partial charge in [-0.1, -0.05) is 24.3 Å². The summed E-state index contributed by atoms with van der Waals surface area (Å²) in [5.41, 5.74) is 5.12. The second kappa shape index (κ2) is 5.90. The fourth-order valence-electron chi connectivity index (χ4n) is 3.43. The van der Waals surface area contributed by atoms with E-state index in [1.807, 2.05) is 0 Å². The Hall–Kier alpha value is -2.76. The molecular weight excluding hydrogens is 338 g/mol. The molecule has 0 heterocycles. The minimum Gasteiger partial charge on any atom is -0.272 e. The molecule has 0 spiro atoms. The van der Waals surface area contributed by atoms with Gasteiger partial charge in [0.1, 0.15) is 11.6 Å². The van der Waals surface area contributed by atoms with E-state index >= 15 is 0 Å². The zero-order valence-electron chi connectivity index (χ0n) is 14.0. The molecule has 4 nitrogen and oxygen atoms in total. The van der Waals surface area contributed by atoms with Crippen molar-refractivity contribution >= 4 is 11.8 Å². The predicted octanol–water partition coefficient (Wildman–Crippen LogP) is 2.88. The third kappa shape index (κ3) is 2.75. The van der Waals surface area contributed by atoms with E-state index in [9.17, 15) is 18.4 Å². The molecule has 2 amide bonds. The van der Waals surface area contributed by atoms with Crippen LogP contribution in [0.25, 0.3) is 0 Å². The summed E-state index contributed by atoms with van der Waals surface area (Å²) in [4.78, 5) is 25.2. The van der Waals surface area contributed by atoms with E-state index in [-0.39, 0.29) is 23.4 Å². The van der Waals surface area contributed by atoms with Crippen LogP contribution in [0.5, 0.6) is 0 Å². The van der Waals surface area contributed by atoms with Crippen LogP contribution < -0.4 is 10.9 Å². The Morgan fingerprint density at radius 2 is 0.962 bits per heavy atom. The van der Waals surface area contributed by atoms with Crippen LogP contribution in [0.15, 0.2) is 48.5 Å². The number of benzene rings is 2. The lowest BCUT2D eigenvalue weighted by Gasteiger charge is -2.19. The van der Waals surface area contributed by atoms with Gasteiger partial charge in [0, 0.05) is 0 Å². The third-order valence-electron chi connectivity index (χ3n) is 5.45. The van der Waals surface area contributed by atoms with Crippen LogP contribution in [-0.4, -0.2) is 11.8 Å². The Labute approximate surface area is 149 Å². The van der Waals surface area contributed by atoms with Crippen LogP contribution in [-0.2, 0) is 20.4 Å². The second-order valence-electron chi connectivity index (χ2n) is 7.09. The first-order valence-corrected chi connectivity index (χ1v) is 8.59. The van der Waals surface area contributed by atoms with Gasteiger partial charge in [0.05, 0.1) is 10.8 Å². The van der Waals surface area contributed by atoms with Crippen molar-refractivity contribution in [3.63, 3.8) is 0 Å². The fourth-order valence-corrected chi connectivity index (χ4v) is 3.43. The second-order valence-corrected chi connectivity index (χ2v) is 7.09. The number of rotatable bonds is 4. The van der Waals surface area contributed by atoms with E-state index < -0.39 is 10.8 Å². The van der Waals surface area contributed by atoms with Crippen molar-refractivity contribution in [2.45, 2.75) is 36.5 Å². The van der Waals surface area contributed by atoms with Gasteiger partial charge in [-0.25, -0.2) is 8.78 Å². The maximum atomic E-state index is 13.1. The highest BCUT2D eigenvalue weighted by atomic mass is 19.1. The lowest BCUT2D eigenvalue weighted by molar-refractivity contribution is -0.131. The van der Waals surface area contributed by atoms with E-state index in [1.165, 1.54) is 24.3 Å². The van der Waals surface area contributed by atoms with E-state index in [2.05, 4.69) is 10.9 Å². The molecule has 2 aliphatic rings. The summed E-state index contributed by atoms with van der Waals surface area (Å²) >= 11 is 0. The molecule has 2 saturated carbocycles. The van der Waals surface area contributed by atoms with Crippen LogP contribution >= 0.6 is 0 Å². The molecule has 0 unspecified atom stereocenters. The van der Waals surface area contributed by atoms with Gasteiger partial charge >= 0.3 is 0 Å². The first-order valence-electron chi connectivity index (χ1n) is 8.59. The Balaban J connectivity index is 1.42. The van der Waals surface area contributed by atoms with E-state index in [1.54, 1.807) is 24.3 Å². The SMILES string of the molecule is O=C(NNC(=O)C1(c2ccc(F)cc2)CC1)C1(c2ccc(F)cc2)CC1. The molecule has 0 radical (unpaired) electrons.